The summed E-state index contributed by atoms with van der Waals surface area (Å²) in [5.41, 5.74) is 0. The standard InChI is InChI=1S/C10H10O4S/c1-2-9(10(11)12)15(13,14)8-6-4-3-5-7-8/h2-7,9H,1H2,(H,11,12). The van der Waals surface area contributed by atoms with Crippen LogP contribution >= 0.6 is 0 Å². The molecule has 1 unspecified atom stereocenters. The van der Waals surface area contributed by atoms with Gasteiger partial charge in [0.1, 0.15) is 0 Å². The van der Waals surface area contributed by atoms with Crippen molar-refractivity contribution in [1.29, 1.82) is 0 Å². The predicted octanol–water partition coefficient (Wildman–Crippen LogP) is 1.10. The number of hydrogen-bond acceptors (Lipinski definition) is 3. The van der Waals surface area contributed by atoms with Crippen LogP contribution in [-0.4, -0.2) is 24.7 Å². The molecule has 80 valence electrons. The van der Waals surface area contributed by atoms with E-state index in [9.17, 15) is 13.2 Å². The molecule has 15 heavy (non-hydrogen) atoms. The summed E-state index contributed by atoms with van der Waals surface area (Å²) in [6, 6.07) is 7.44. The van der Waals surface area contributed by atoms with Crippen molar-refractivity contribution < 1.29 is 18.3 Å². The van der Waals surface area contributed by atoms with Crippen molar-refractivity contribution in [2.75, 3.05) is 0 Å². The highest BCUT2D eigenvalue weighted by atomic mass is 32.2. The van der Waals surface area contributed by atoms with Gasteiger partial charge in [0.25, 0.3) is 0 Å². The molecule has 1 N–H and O–H groups in total. The third-order valence-electron chi connectivity index (χ3n) is 1.86. The highest BCUT2D eigenvalue weighted by molar-refractivity contribution is 7.93. The van der Waals surface area contributed by atoms with Crippen molar-refractivity contribution in [3.63, 3.8) is 0 Å². The molecule has 5 heteroatoms. The van der Waals surface area contributed by atoms with E-state index in [1.54, 1.807) is 6.07 Å². The minimum absolute atomic E-state index is 0.0164. The van der Waals surface area contributed by atoms with E-state index in [1.165, 1.54) is 24.3 Å². The first-order valence-corrected chi connectivity index (χ1v) is 5.69. The molecule has 0 aliphatic rings. The first-order valence-electron chi connectivity index (χ1n) is 4.14. The van der Waals surface area contributed by atoms with Crippen LogP contribution in [0.2, 0.25) is 0 Å². The number of carboxylic acid groups (broad SMARTS) is 1. The van der Waals surface area contributed by atoms with Gasteiger partial charge in [0.2, 0.25) is 0 Å². The molecule has 4 nitrogen and oxygen atoms in total. The van der Waals surface area contributed by atoms with Crippen LogP contribution in [0.15, 0.2) is 47.9 Å². The zero-order chi connectivity index (χ0) is 11.5. The summed E-state index contributed by atoms with van der Waals surface area (Å²) in [5, 5.41) is 7.12. The van der Waals surface area contributed by atoms with Gasteiger partial charge in [-0.3, -0.25) is 4.79 Å². The summed E-state index contributed by atoms with van der Waals surface area (Å²) in [4.78, 5) is 10.7. The lowest BCUT2D eigenvalue weighted by Crippen LogP contribution is -2.27. The smallest absolute Gasteiger partial charge is 0.326 e. The topological polar surface area (TPSA) is 71.4 Å². The molecule has 0 spiro atoms. The average Bonchev–Trinajstić information content (AvgIpc) is 2.19. The number of sulfone groups is 1. The second kappa shape index (κ2) is 4.27. The van der Waals surface area contributed by atoms with Crippen LogP contribution in [0.5, 0.6) is 0 Å². The van der Waals surface area contributed by atoms with Crippen LogP contribution in [0.1, 0.15) is 0 Å². The summed E-state index contributed by atoms with van der Waals surface area (Å²) < 4.78 is 23.5. The van der Waals surface area contributed by atoms with Crippen LogP contribution in [0, 0.1) is 0 Å². The van der Waals surface area contributed by atoms with E-state index in [1.807, 2.05) is 0 Å². The van der Waals surface area contributed by atoms with Crippen LogP contribution in [0.25, 0.3) is 0 Å². The second-order valence-corrected chi connectivity index (χ2v) is 4.92. The highest BCUT2D eigenvalue weighted by Crippen LogP contribution is 2.16. The van der Waals surface area contributed by atoms with E-state index < -0.39 is 21.1 Å². The Morgan fingerprint density at radius 1 is 1.33 bits per heavy atom. The second-order valence-electron chi connectivity index (χ2n) is 2.85. The number of benzene rings is 1. The van der Waals surface area contributed by atoms with Crippen LogP contribution in [0.3, 0.4) is 0 Å². The molecule has 0 fully saturated rings. The van der Waals surface area contributed by atoms with Crippen LogP contribution in [-0.2, 0) is 14.6 Å². The minimum atomic E-state index is -3.87. The lowest BCUT2D eigenvalue weighted by Gasteiger charge is -2.08. The molecule has 0 heterocycles. The Hall–Kier alpha value is -1.62. The maximum absolute atomic E-state index is 11.8. The normalized spacial score (nSPS) is 13.1. The Morgan fingerprint density at radius 3 is 2.27 bits per heavy atom. The predicted molar refractivity (Wildman–Crippen MR) is 55.2 cm³/mol. The Balaban J connectivity index is 3.24. The van der Waals surface area contributed by atoms with Gasteiger partial charge >= 0.3 is 5.97 Å². The summed E-state index contributed by atoms with van der Waals surface area (Å²) in [6.45, 7) is 3.21. The van der Waals surface area contributed by atoms with Gasteiger partial charge in [-0.25, -0.2) is 8.42 Å². The minimum Gasteiger partial charge on any atom is -0.480 e. The Bertz CT molecular complexity index is 461. The number of hydrogen-bond donors (Lipinski definition) is 1. The van der Waals surface area contributed by atoms with E-state index in [4.69, 9.17) is 5.11 Å². The highest BCUT2D eigenvalue weighted by Gasteiger charge is 2.30. The zero-order valence-electron chi connectivity index (χ0n) is 7.83. The van der Waals surface area contributed by atoms with Crippen LogP contribution in [0.4, 0.5) is 0 Å². The zero-order valence-corrected chi connectivity index (χ0v) is 8.65. The molecule has 0 aliphatic carbocycles. The van der Waals surface area contributed by atoms with Crippen molar-refractivity contribution in [2.45, 2.75) is 10.1 Å². The largest absolute Gasteiger partial charge is 0.480 e. The maximum atomic E-state index is 11.8. The fraction of sp³-hybridized carbons (Fsp3) is 0.100. The average molecular weight is 226 g/mol. The van der Waals surface area contributed by atoms with Crippen molar-refractivity contribution in [1.82, 2.24) is 0 Å². The molecule has 0 saturated heterocycles. The van der Waals surface area contributed by atoms with Gasteiger partial charge in [-0.2, -0.15) is 0 Å². The summed E-state index contributed by atoms with van der Waals surface area (Å²) in [7, 11) is -3.87. The van der Waals surface area contributed by atoms with E-state index in [0.717, 1.165) is 6.08 Å². The van der Waals surface area contributed by atoms with E-state index in [-0.39, 0.29) is 4.90 Å². The van der Waals surface area contributed by atoms with Gasteiger partial charge in [-0.1, -0.05) is 24.3 Å². The number of carboxylic acids is 1. The molecule has 0 radical (unpaired) electrons. The lowest BCUT2D eigenvalue weighted by molar-refractivity contribution is -0.135. The van der Waals surface area contributed by atoms with Gasteiger partial charge in [0, 0.05) is 0 Å². The van der Waals surface area contributed by atoms with Gasteiger partial charge in [0.15, 0.2) is 15.1 Å². The summed E-state index contributed by atoms with van der Waals surface area (Å²) in [5.74, 6) is -1.42. The third-order valence-corrected chi connectivity index (χ3v) is 3.86. The van der Waals surface area contributed by atoms with Crippen molar-refractivity contribution >= 4 is 15.8 Å². The van der Waals surface area contributed by atoms with Crippen molar-refractivity contribution in [2.24, 2.45) is 0 Å². The molecule has 0 bridgehead atoms. The lowest BCUT2D eigenvalue weighted by atomic mass is 10.4. The molecule has 1 aromatic rings. The van der Waals surface area contributed by atoms with E-state index in [0.29, 0.717) is 0 Å². The molecule has 0 aromatic heterocycles. The summed E-state index contributed by atoms with van der Waals surface area (Å²) in [6.07, 6.45) is 0.907. The maximum Gasteiger partial charge on any atom is 0.326 e. The Morgan fingerprint density at radius 2 is 1.87 bits per heavy atom. The Labute approximate surface area is 87.8 Å². The Kier molecular flexibility index (Phi) is 3.26. The quantitative estimate of drug-likeness (QED) is 0.780. The molecule has 0 amide bonds. The van der Waals surface area contributed by atoms with Gasteiger partial charge in [-0.15, -0.1) is 6.58 Å². The van der Waals surface area contributed by atoms with Gasteiger partial charge in [0.05, 0.1) is 4.90 Å². The fourth-order valence-corrected chi connectivity index (χ4v) is 2.47. The third kappa shape index (κ3) is 2.24. The van der Waals surface area contributed by atoms with Gasteiger partial charge in [-0.05, 0) is 12.1 Å². The van der Waals surface area contributed by atoms with Crippen molar-refractivity contribution in [3.05, 3.63) is 43.0 Å². The summed E-state index contributed by atoms with van der Waals surface area (Å²) >= 11 is 0. The fourth-order valence-electron chi connectivity index (χ4n) is 1.12. The van der Waals surface area contributed by atoms with Crippen LogP contribution < -0.4 is 0 Å². The molecule has 0 saturated carbocycles. The monoisotopic (exact) mass is 226 g/mol. The first kappa shape index (κ1) is 11.5. The number of carbonyl (C=O) groups is 1. The molecule has 1 aromatic carbocycles. The van der Waals surface area contributed by atoms with Crippen molar-refractivity contribution in [3.8, 4) is 0 Å². The van der Waals surface area contributed by atoms with E-state index in [2.05, 4.69) is 6.58 Å². The first-order chi connectivity index (χ1) is 7.00. The SMILES string of the molecule is C=CC(C(=O)O)S(=O)(=O)c1ccccc1. The van der Waals surface area contributed by atoms with Gasteiger partial charge < -0.3 is 5.11 Å². The molecule has 0 aliphatic heterocycles. The molecular formula is C10H10O4S. The number of aliphatic carboxylic acids is 1. The molecular weight excluding hydrogens is 216 g/mol. The molecule has 1 rings (SSSR count). The van der Waals surface area contributed by atoms with E-state index >= 15 is 0 Å². The number of rotatable bonds is 4. The molecule has 1 atom stereocenters.